The van der Waals surface area contributed by atoms with Gasteiger partial charge in [-0.25, -0.2) is 0 Å². The van der Waals surface area contributed by atoms with Crippen molar-refractivity contribution in [3.05, 3.63) is 65.2 Å². The third-order valence-corrected chi connectivity index (χ3v) is 5.01. The molecule has 2 aromatic carbocycles. The van der Waals surface area contributed by atoms with Crippen LogP contribution in [0, 0.1) is 0 Å². The largest absolute Gasteiger partial charge is 0.326 e. The monoisotopic (exact) mass is 377 g/mol. The van der Waals surface area contributed by atoms with Crippen molar-refractivity contribution in [3.63, 3.8) is 0 Å². The summed E-state index contributed by atoms with van der Waals surface area (Å²) >= 11 is 0. The van der Waals surface area contributed by atoms with Crippen LogP contribution in [0.3, 0.4) is 0 Å². The number of anilines is 1. The molecule has 0 radical (unpaired) electrons. The van der Waals surface area contributed by atoms with Gasteiger partial charge in [0.05, 0.1) is 6.42 Å². The normalized spacial score (nSPS) is 18.6. The molecule has 0 saturated carbocycles. The Bertz CT molecular complexity index is 971. The first-order valence-corrected chi connectivity index (χ1v) is 9.12. The van der Waals surface area contributed by atoms with Gasteiger partial charge in [-0.2, -0.15) is 0 Å². The maximum absolute atomic E-state index is 12.7. The van der Waals surface area contributed by atoms with Crippen molar-refractivity contribution in [1.29, 1.82) is 0 Å². The summed E-state index contributed by atoms with van der Waals surface area (Å²) in [5.41, 5.74) is 2.86. The number of hydrogen-bond donors (Lipinski definition) is 2. The van der Waals surface area contributed by atoms with Crippen LogP contribution in [-0.2, 0) is 27.3 Å². The standard InChI is InChI=1S/C21H19N3O4/c25-18-9-8-17(20(27)23-18)24-12-14-10-13(6-7-16(14)21(24)28)11-19(26)22-15-4-2-1-3-5-15/h1-7,10,17H,8-9,11-12H2,(H,22,26)(H,23,25,27). The molecule has 0 bridgehead atoms. The molecule has 7 nitrogen and oxygen atoms in total. The molecule has 4 amide bonds. The molecule has 2 aliphatic rings. The molecular weight excluding hydrogens is 358 g/mol. The van der Waals surface area contributed by atoms with E-state index in [1.807, 2.05) is 36.4 Å². The van der Waals surface area contributed by atoms with E-state index in [0.717, 1.165) is 16.8 Å². The molecule has 1 atom stereocenters. The highest BCUT2D eigenvalue weighted by atomic mass is 16.2. The smallest absolute Gasteiger partial charge is 0.255 e. The quantitative estimate of drug-likeness (QED) is 0.792. The fourth-order valence-corrected chi connectivity index (χ4v) is 3.65. The minimum Gasteiger partial charge on any atom is -0.326 e. The van der Waals surface area contributed by atoms with Gasteiger partial charge < -0.3 is 10.2 Å². The molecule has 7 heteroatoms. The number of nitrogens with zero attached hydrogens (tertiary/aromatic N) is 1. The number of nitrogens with one attached hydrogen (secondary N) is 2. The van der Waals surface area contributed by atoms with Gasteiger partial charge in [0.2, 0.25) is 17.7 Å². The van der Waals surface area contributed by atoms with Crippen LogP contribution in [0.15, 0.2) is 48.5 Å². The molecule has 2 heterocycles. The van der Waals surface area contributed by atoms with E-state index in [0.29, 0.717) is 18.5 Å². The lowest BCUT2D eigenvalue weighted by atomic mass is 10.0. The lowest BCUT2D eigenvalue weighted by molar-refractivity contribution is -0.137. The van der Waals surface area contributed by atoms with Gasteiger partial charge in [0.15, 0.2) is 0 Å². The summed E-state index contributed by atoms with van der Waals surface area (Å²) < 4.78 is 0. The lowest BCUT2D eigenvalue weighted by Gasteiger charge is -2.29. The van der Waals surface area contributed by atoms with Crippen LogP contribution in [-0.4, -0.2) is 34.6 Å². The van der Waals surface area contributed by atoms with Gasteiger partial charge in [0.1, 0.15) is 6.04 Å². The third kappa shape index (κ3) is 3.51. The van der Waals surface area contributed by atoms with Gasteiger partial charge in [-0.1, -0.05) is 30.3 Å². The van der Waals surface area contributed by atoms with Crippen LogP contribution in [0.25, 0.3) is 0 Å². The Balaban J connectivity index is 1.45. The van der Waals surface area contributed by atoms with Gasteiger partial charge in [-0.3, -0.25) is 24.5 Å². The second-order valence-corrected chi connectivity index (χ2v) is 6.98. The number of piperidine rings is 1. The van der Waals surface area contributed by atoms with Gasteiger partial charge in [-0.05, 0) is 35.7 Å². The second kappa shape index (κ2) is 7.26. The summed E-state index contributed by atoms with van der Waals surface area (Å²) in [4.78, 5) is 49.9. The van der Waals surface area contributed by atoms with Crippen molar-refractivity contribution >= 4 is 29.3 Å². The number of imide groups is 1. The number of para-hydroxylation sites is 1. The van der Waals surface area contributed by atoms with Crippen molar-refractivity contribution < 1.29 is 19.2 Å². The number of fused-ring (bicyclic) bond motifs is 1. The molecule has 0 aromatic heterocycles. The van der Waals surface area contributed by atoms with E-state index >= 15 is 0 Å². The predicted molar refractivity (Wildman–Crippen MR) is 101 cm³/mol. The van der Waals surface area contributed by atoms with Crippen molar-refractivity contribution in [2.75, 3.05) is 5.32 Å². The predicted octanol–water partition coefficient (Wildman–Crippen LogP) is 1.63. The average Bonchev–Trinajstić information content (AvgIpc) is 2.98. The first-order chi connectivity index (χ1) is 13.5. The highest BCUT2D eigenvalue weighted by Crippen LogP contribution is 2.28. The van der Waals surface area contributed by atoms with Crippen LogP contribution < -0.4 is 10.6 Å². The third-order valence-electron chi connectivity index (χ3n) is 5.01. The first-order valence-electron chi connectivity index (χ1n) is 9.12. The fraction of sp³-hybridized carbons (Fsp3) is 0.238. The summed E-state index contributed by atoms with van der Waals surface area (Å²) in [5.74, 6) is -1.10. The molecule has 2 aromatic rings. The van der Waals surface area contributed by atoms with E-state index in [2.05, 4.69) is 10.6 Å². The molecule has 2 aliphatic heterocycles. The summed E-state index contributed by atoms with van der Waals surface area (Å²) in [6.07, 6.45) is 0.743. The Kier molecular flexibility index (Phi) is 4.65. The molecular formula is C21H19N3O4. The maximum atomic E-state index is 12.7. The van der Waals surface area contributed by atoms with Crippen molar-refractivity contribution in [2.45, 2.75) is 31.8 Å². The number of carbonyl (C=O) groups excluding carboxylic acids is 4. The number of amides is 4. The van der Waals surface area contributed by atoms with Crippen LogP contribution in [0.1, 0.15) is 34.3 Å². The first kappa shape index (κ1) is 17.9. The number of rotatable bonds is 4. The molecule has 1 saturated heterocycles. The van der Waals surface area contributed by atoms with Gasteiger partial charge in [0, 0.05) is 24.2 Å². The highest BCUT2D eigenvalue weighted by Gasteiger charge is 2.39. The van der Waals surface area contributed by atoms with E-state index in [1.54, 1.807) is 12.1 Å². The van der Waals surface area contributed by atoms with Crippen LogP contribution >= 0.6 is 0 Å². The second-order valence-electron chi connectivity index (χ2n) is 6.98. The minimum atomic E-state index is -0.637. The van der Waals surface area contributed by atoms with E-state index in [4.69, 9.17) is 0 Å². The van der Waals surface area contributed by atoms with Crippen LogP contribution in [0.5, 0.6) is 0 Å². The zero-order valence-electron chi connectivity index (χ0n) is 15.1. The van der Waals surface area contributed by atoms with Gasteiger partial charge >= 0.3 is 0 Å². The molecule has 0 spiro atoms. The summed E-state index contributed by atoms with van der Waals surface area (Å²) in [6, 6.07) is 13.9. The highest BCUT2D eigenvalue weighted by molar-refractivity contribution is 6.05. The Morgan fingerprint density at radius 2 is 1.89 bits per heavy atom. The van der Waals surface area contributed by atoms with E-state index in [-0.39, 0.29) is 30.6 Å². The lowest BCUT2D eigenvalue weighted by Crippen LogP contribution is -2.52. The van der Waals surface area contributed by atoms with Crippen LogP contribution in [0.2, 0.25) is 0 Å². The molecule has 1 unspecified atom stereocenters. The van der Waals surface area contributed by atoms with E-state index in [9.17, 15) is 19.2 Å². The molecule has 142 valence electrons. The molecule has 1 fully saturated rings. The molecule has 2 N–H and O–H groups in total. The van der Waals surface area contributed by atoms with Crippen molar-refractivity contribution in [1.82, 2.24) is 10.2 Å². The molecule has 28 heavy (non-hydrogen) atoms. The summed E-state index contributed by atoms with van der Waals surface area (Å²) in [7, 11) is 0. The number of hydrogen-bond acceptors (Lipinski definition) is 4. The topological polar surface area (TPSA) is 95.6 Å². The number of carbonyl (C=O) groups is 4. The van der Waals surface area contributed by atoms with E-state index < -0.39 is 11.9 Å². The zero-order chi connectivity index (χ0) is 19.7. The Morgan fingerprint density at radius 1 is 1.11 bits per heavy atom. The number of benzene rings is 2. The SMILES string of the molecule is O=C1CCC(N2Cc3cc(CC(=O)Nc4ccccc4)ccc3C2=O)C(=O)N1. The van der Waals surface area contributed by atoms with Crippen LogP contribution in [0.4, 0.5) is 5.69 Å². The average molecular weight is 377 g/mol. The Labute approximate surface area is 161 Å². The maximum Gasteiger partial charge on any atom is 0.255 e. The fourth-order valence-electron chi connectivity index (χ4n) is 3.65. The minimum absolute atomic E-state index is 0.141. The molecule has 4 rings (SSSR count). The zero-order valence-corrected chi connectivity index (χ0v) is 15.1. The van der Waals surface area contributed by atoms with Crippen molar-refractivity contribution in [3.8, 4) is 0 Å². The summed E-state index contributed by atoms with van der Waals surface area (Å²) in [6.45, 7) is 0.300. The molecule has 0 aliphatic carbocycles. The Hall–Kier alpha value is -3.48. The van der Waals surface area contributed by atoms with Gasteiger partial charge in [0.25, 0.3) is 5.91 Å². The Morgan fingerprint density at radius 3 is 2.64 bits per heavy atom. The summed E-state index contributed by atoms with van der Waals surface area (Å²) in [5, 5.41) is 5.13. The van der Waals surface area contributed by atoms with Crippen molar-refractivity contribution in [2.24, 2.45) is 0 Å². The van der Waals surface area contributed by atoms with Gasteiger partial charge in [-0.15, -0.1) is 0 Å². The van der Waals surface area contributed by atoms with E-state index in [1.165, 1.54) is 4.90 Å².